The van der Waals surface area contributed by atoms with E-state index < -0.39 is 0 Å². The minimum absolute atomic E-state index is 0.294. The van der Waals surface area contributed by atoms with Gasteiger partial charge in [0.2, 0.25) is 0 Å². The second-order valence-corrected chi connectivity index (χ2v) is 3.68. The van der Waals surface area contributed by atoms with Crippen LogP contribution in [-0.2, 0) is 0 Å². The van der Waals surface area contributed by atoms with Gasteiger partial charge in [0.05, 0.1) is 16.1 Å². The van der Waals surface area contributed by atoms with Crippen molar-refractivity contribution in [2.45, 2.75) is 0 Å². The van der Waals surface area contributed by atoms with Gasteiger partial charge in [-0.3, -0.25) is 0 Å². The van der Waals surface area contributed by atoms with E-state index in [1.165, 1.54) is 0 Å². The van der Waals surface area contributed by atoms with Crippen LogP contribution in [0, 0.1) is 22.7 Å². The molecule has 0 radical (unpaired) electrons. The Balaban J connectivity index is 2.90. The number of hydrogen-bond donors (Lipinski definition) is 1. The third-order valence-corrected chi connectivity index (χ3v) is 2.84. The molecule has 2 rings (SSSR count). The monoisotopic (exact) mass is 235 g/mol. The molecule has 0 unspecified atom stereocenters. The zero-order chi connectivity index (χ0) is 11.0. The topological polar surface area (TPSA) is 63.4 Å². The summed E-state index contributed by atoms with van der Waals surface area (Å²) in [6.07, 6.45) is 0. The molecule has 0 saturated carbocycles. The lowest BCUT2D eigenvalue weighted by Gasteiger charge is -1.94. The Kier molecular flexibility index (Phi) is 2.28. The van der Waals surface area contributed by atoms with Crippen LogP contribution in [0.1, 0.15) is 11.1 Å². The van der Waals surface area contributed by atoms with E-state index in [1.54, 1.807) is 12.1 Å². The molecule has 0 fully saturated rings. The largest absolute Gasteiger partial charge is 0.344 e. The highest BCUT2D eigenvalue weighted by atomic mass is 35.5. The van der Waals surface area contributed by atoms with Crippen molar-refractivity contribution in [3.63, 3.8) is 0 Å². The molecule has 2 aromatic rings. The average Bonchev–Trinajstić information content (AvgIpc) is 2.53. The second-order valence-electron chi connectivity index (χ2n) is 2.92. The van der Waals surface area contributed by atoms with Gasteiger partial charge >= 0.3 is 0 Å². The molecule has 3 nitrogen and oxygen atoms in total. The summed E-state index contributed by atoms with van der Waals surface area (Å²) in [5.41, 5.74) is 1.25. The number of H-pyrrole nitrogens is 1. The molecule has 0 aliphatic heterocycles. The SMILES string of the molecule is N#Cc1cc2[nH]c(Cl)c(Cl)c2cc1C#N. The molecule has 0 bridgehead atoms. The maximum Gasteiger partial charge on any atom is 0.126 e. The van der Waals surface area contributed by atoms with E-state index in [-0.39, 0.29) is 0 Å². The summed E-state index contributed by atoms with van der Waals surface area (Å²) in [6, 6.07) is 6.99. The van der Waals surface area contributed by atoms with Crippen LogP contribution in [0.4, 0.5) is 0 Å². The molecule has 5 heteroatoms. The van der Waals surface area contributed by atoms with Gasteiger partial charge in [0.25, 0.3) is 0 Å². The van der Waals surface area contributed by atoms with Crippen molar-refractivity contribution in [2.24, 2.45) is 0 Å². The number of nitrogens with one attached hydrogen (secondary N) is 1. The lowest BCUT2D eigenvalue weighted by molar-refractivity contribution is 1.43. The van der Waals surface area contributed by atoms with Crippen molar-refractivity contribution in [3.8, 4) is 12.1 Å². The molecule has 1 aromatic heterocycles. The fourth-order valence-electron chi connectivity index (χ4n) is 1.36. The predicted molar refractivity (Wildman–Crippen MR) is 57.7 cm³/mol. The smallest absolute Gasteiger partial charge is 0.126 e. The molecule has 0 spiro atoms. The van der Waals surface area contributed by atoms with Crippen LogP contribution in [0.5, 0.6) is 0 Å². The zero-order valence-electron chi connectivity index (χ0n) is 7.31. The van der Waals surface area contributed by atoms with E-state index >= 15 is 0 Å². The Morgan fingerprint density at radius 1 is 1.07 bits per heavy atom. The summed E-state index contributed by atoms with van der Waals surface area (Å²) in [6.45, 7) is 0. The van der Waals surface area contributed by atoms with Crippen molar-refractivity contribution in [1.82, 2.24) is 4.98 Å². The minimum atomic E-state index is 0.294. The maximum absolute atomic E-state index is 8.82. The van der Waals surface area contributed by atoms with Crippen LogP contribution in [0.15, 0.2) is 12.1 Å². The Labute approximate surface area is 95.4 Å². The fourth-order valence-corrected chi connectivity index (χ4v) is 1.77. The maximum atomic E-state index is 8.82. The third-order valence-electron chi connectivity index (χ3n) is 2.07. The molecule has 15 heavy (non-hydrogen) atoms. The first kappa shape index (κ1) is 9.86. The number of aromatic amines is 1. The zero-order valence-corrected chi connectivity index (χ0v) is 8.82. The highest BCUT2D eigenvalue weighted by Crippen LogP contribution is 2.32. The van der Waals surface area contributed by atoms with Gasteiger partial charge < -0.3 is 4.98 Å². The van der Waals surface area contributed by atoms with Crippen molar-refractivity contribution in [2.75, 3.05) is 0 Å². The molecule has 1 N–H and O–H groups in total. The van der Waals surface area contributed by atoms with Gasteiger partial charge in [-0.1, -0.05) is 23.2 Å². The molecular weight excluding hydrogens is 233 g/mol. The summed E-state index contributed by atoms with van der Waals surface area (Å²) in [7, 11) is 0. The third kappa shape index (κ3) is 1.43. The molecule has 0 aliphatic rings. The molecule has 0 atom stereocenters. The quantitative estimate of drug-likeness (QED) is 0.763. The predicted octanol–water partition coefficient (Wildman–Crippen LogP) is 3.22. The van der Waals surface area contributed by atoms with Crippen molar-refractivity contribution >= 4 is 34.1 Å². The van der Waals surface area contributed by atoms with Gasteiger partial charge in [0.1, 0.15) is 17.3 Å². The van der Waals surface area contributed by atoms with E-state index in [0.29, 0.717) is 32.2 Å². The molecule has 1 aromatic carbocycles. The summed E-state index contributed by atoms with van der Waals surface area (Å²) < 4.78 is 0. The highest BCUT2D eigenvalue weighted by Gasteiger charge is 2.11. The second kappa shape index (κ2) is 3.47. The van der Waals surface area contributed by atoms with Gasteiger partial charge in [0.15, 0.2) is 0 Å². The van der Waals surface area contributed by atoms with Gasteiger partial charge in [-0.25, -0.2) is 0 Å². The summed E-state index contributed by atoms with van der Waals surface area (Å²) in [4.78, 5) is 2.83. The van der Waals surface area contributed by atoms with Gasteiger partial charge in [-0.15, -0.1) is 0 Å². The van der Waals surface area contributed by atoms with Crippen LogP contribution in [0.25, 0.3) is 10.9 Å². The molecule has 1 heterocycles. The Hall–Kier alpha value is -1.68. The highest BCUT2D eigenvalue weighted by molar-refractivity contribution is 6.45. The number of aromatic nitrogens is 1. The number of nitrogens with zero attached hydrogens (tertiary/aromatic N) is 2. The van der Waals surface area contributed by atoms with Crippen LogP contribution in [-0.4, -0.2) is 4.98 Å². The molecular formula is C10H3Cl2N3. The molecule has 72 valence electrons. The van der Waals surface area contributed by atoms with Crippen molar-refractivity contribution in [3.05, 3.63) is 33.4 Å². The first-order valence-corrected chi connectivity index (χ1v) is 4.74. The number of rotatable bonds is 0. The molecule has 0 saturated heterocycles. The minimum Gasteiger partial charge on any atom is -0.344 e. The van der Waals surface area contributed by atoms with E-state index in [1.807, 2.05) is 12.1 Å². The lowest BCUT2D eigenvalue weighted by Crippen LogP contribution is -1.83. The van der Waals surface area contributed by atoms with E-state index in [9.17, 15) is 0 Å². The Morgan fingerprint density at radius 3 is 2.27 bits per heavy atom. The first-order chi connectivity index (χ1) is 7.17. The van der Waals surface area contributed by atoms with Crippen LogP contribution in [0.3, 0.4) is 0 Å². The Bertz CT molecular complexity index is 629. The van der Waals surface area contributed by atoms with Crippen LogP contribution >= 0.6 is 23.2 Å². The number of nitriles is 2. The van der Waals surface area contributed by atoms with Crippen molar-refractivity contribution in [1.29, 1.82) is 10.5 Å². The molecule has 0 amide bonds. The van der Waals surface area contributed by atoms with Crippen molar-refractivity contribution < 1.29 is 0 Å². The number of halogens is 2. The lowest BCUT2D eigenvalue weighted by atomic mass is 10.1. The summed E-state index contributed by atoms with van der Waals surface area (Å²) in [5.74, 6) is 0. The number of hydrogen-bond acceptors (Lipinski definition) is 2. The fraction of sp³-hybridized carbons (Fsp3) is 0. The summed E-state index contributed by atoms with van der Waals surface area (Å²) >= 11 is 11.7. The van der Waals surface area contributed by atoms with Crippen LogP contribution < -0.4 is 0 Å². The normalized spacial score (nSPS) is 9.87. The van der Waals surface area contributed by atoms with Gasteiger partial charge in [-0.05, 0) is 12.1 Å². The van der Waals surface area contributed by atoms with Gasteiger partial charge in [0, 0.05) is 10.9 Å². The van der Waals surface area contributed by atoms with E-state index in [0.717, 1.165) is 0 Å². The van der Waals surface area contributed by atoms with E-state index in [4.69, 9.17) is 33.7 Å². The Morgan fingerprint density at radius 2 is 1.67 bits per heavy atom. The molecule has 0 aliphatic carbocycles. The van der Waals surface area contributed by atoms with Crippen LogP contribution in [0.2, 0.25) is 10.2 Å². The van der Waals surface area contributed by atoms with E-state index in [2.05, 4.69) is 4.98 Å². The van der Waals surface area contributed by atoms with Gasteiger partial charge in [-0.2, -0.15) is 10.5 Å². The summed E-state index contributed by atoms with van der Waals surface area (Å²) in [5, 5.41) is 19.0. The number of benzene rings is 1. The number of fused-ring (bicyclic) bond motifs is 1. The standard InChI is InChI=1S/C10H3Cl2N3/c11-9-7-1-5(3-13)6(4-14)2-8(7)15-10(9)12/h1-2,15H. The first-order valence-electron chi connectivity index (χ1n) is 3.98. The average molecular weight is 236 g/mol.